The lowest BCUT2D eigenvalue weighted by Gasteiger charge is -2.13. The summed E-state index contributed by atoms with van der Waals surface area (Å²) in [5.41, 5.74) is 3.55. The molecule has 0 aliphatic heterocycles. The molecule has 0 aliphatic rings. The van der Waals surface area contributed by atoms with Crippen molar-refractivity contribution in [2.24, 2.45) is 0 Å². The smallest absolute Gasteiger partial charge is 0.122 e. The molecule has 1 unspecified atom stereocenters. The number of hydrogen-bond donors (Lipinski definition) is 1. The number of aryl methyl sites for hydroxylation is 1. The second-order valence-electron chi connectivity index (χ2n) is 5.04. The summed E-state index contributed by atoms with van der Waals surface area (Å²) in [7, 11) is 1.66. The Hall–Kier alpha value is -1.80. The van der Waals surface area contributed by atoms with Crippen LogP contribution in [-0.4, -0.2) is 18.3 Å². The molecule has 20 heavy (non-hydrogen) atoms. The maximum atomic E-state index is 10.2. The molecule has 0 fully saturated rings. The maximum Gasteiger partial charge on any atom is 0.122 e. The molecule has 0 bridgehead atoms. The van der Waals surface area contributed by atoms with Gasteiger partial charge in [0.2, 0.25) is 0 Å². The van der Waals surface area contributed by atoms with Crippen molar-refractivity contribution in [2.45, 2.75) is 32.3 Å². The van der Waals surface area contributed by atoms with E-state index in [1.165, 1.54) is 11.1 Å². The van der Waals surface area contributed by atoms with E-state index in [0.717, 1.165) is 17.7 Å². The summed E-state index contributed by atoms with van der Waals surface area (Å²) in [6.45, 7) is 2.14. The first-order valence-electron chi connectivity index (χ1n) is 7.10. The number of benzene rings is 2. The van der Waals surface area contributed by atoms with Gasteiger partial charge in [-0.1, -0.05) is 49.4 Å². The first-order chi connectivity index (χ1) is 9.72. The predicted octanol–water partition coefficient (Wildman–Crippen LogP) is 3.40. The summed E-state index contributed by atoms with van der Waals surface area (Å²) in [4.78, 5) is 0. The topological polar surface area (TPSA) is 29.5 Å². The van der Waals surface area contributed by atoms with E-state index in [2.05, 4.69) is 31.2 Å². The highest BCUT2D eigenvalue weighted by molar-refractivity contribution is 5.34. The Kier molecular flexibility index (Phi) is 5.19. The van der Waals surface area contributed by atoms with Crippen LogP contribution in [0.3, 0.4) is 0 Å². The fraction of sp³-hybridized carbons (Fsp3) is 0.333. The highest BCUT2D eigenvalue weighted by Crippen LogP contribution is 2.20. The van der Waals surface area contributed by atoms with Crippen LogP contribution in [-0.2, 0) is 19.3 Å². The number of aliphatic hydroxyl groups is 1. The summed E-state index contributed by atoms with van der Waals surface area (Å²) in [6.07, 6.45) is 1.94. The SMILES string of the molecule is CCc1ccc(CC(O)Cc2ccccc2OC)cc1. The van der Waals surface area contributed by atoms with Gasteiger partial charge in [-0.2, -0.15) is 0 Å². The summed E-state index contributed by atoms with van der Waals surface area (Å²) in [6, 6.07) is 16.3. The van der Waals surface area contributed by atoms with Gasteiger partial charge in [0.25, 0.3) is 0 Å². The van der Waals surface area contributed by atoms with E-state index in [-0.39, 0.29) is 0 Å². The molecule has 1 atom stereocenters. The molecule has 0 amide bonds. The van der Waals surface area contributed by atoms with Crippen molar-refractivity contribution in [3.8, 4) is 5.75 Å². The van der Waals surface area contributed by atoms with Crippen LogP contribution < -0.4 is 4.74 Å². The first-order valence-corrected chi connectivity index (χ1v) is 7.10. The lowest BCUT2D eigenvalue weighted by molar-refractivity contribution is 0.174. The van der Waals surface area contributed by atoms with E-state index in [1.807, 2.05) is 24.3 Å². The van der Waals surface area contributed by atoms with E-state index in [1.54, 1.807) is 7.11 Å². The number of rotatable bonds is 6. The molecule has 106 valence electrons. The fourth-order valence-corrected chi connectivity index (χ4v) is 2.38. The average Bonchev–Trinajstić information content (AvgIpc) is 2.48. The zero-order chi connectivity index (χ0) is 14.4. The Labute approximate surface area is 121 Å². The maximum absolute atomic E-state index is 10.2. The average molecular weight is 270 g/mol. The van der Waals surface area contributed by atoms with Crippen LogP contribution in [0.15, 0.2) is 48.5 Å². The Morgan fingerprint density at radius 1 is 0.950 bits per heavy atom. The molecular formula is C18H22O2. The number of aliphatic hydroxyl groups excluding tert-OH is 1. The van der Waals surface area contributed by atoms with Gasteiger partial charge in [-0.05, 0) is 35.6 Å². The van der Waals surface area contributed by atoms with Crippen LogP contribution in [0.25, 0.3) is 0 Å². The van der Waals surface area contributed by atoms with E-state index in [0.29, 0.717) is 12.8 Å². The molecule has 0 aromatic heterocycles. The third-order valence-corrected chi connectivity index (χ3v) is 3.55. The zero-order valence-electron chi connectivity index (χ0n) is 12.2. The minimum absolute atomic E-state index is 0.390. The highest BCUT2D eigenvalue weighted by atomic mass is 16.5. The largest absolute Gasteiger partial charge is 0.496 e. The lowest BCUT2D eigenvalue weighted by atomic mass is 9.99. The molecule has 2 aromatic rings. The second-order valence-corrected chi connectivity index (χ2v) is 5.04. The van der Waals surface area contributed by atoms with E-state index < -0.39 is 6.10 Å². The highest BCUT2D eigenvalue weighted by Gasteiger charge is 2.10. The minimum Gasteiger partial charge on any atom is -0.496 e. The quantitative estimate of drug-likeness (QED) is 0.871. The Morgan fingerprint density at radius 2 is 1.60 bits per heavy atom. The van der Waals surface area contributed by atoms with Crippen LogP contribution >= 0.6 is 0 Å². The summed E-state index contributed by atoms with van der Waals surface area (Å²) in [5.74, 6) is 0.841. The minimum atomic E-state index is -0.390. The number of methoxy groups -OCH3 is 1. The monoisotopic (exact) mass is 270 g/mol. The van der Waals surface area contributed by atoms with Gasteiger partial charge in [0.15, 0.2) is 0 Å². The standard InChI is InChI=1S/C18H22O2/c1-3-14-8-10-15(11-9-14)12-17(19)13-16-6-4-5-7-18(16)20-2/h4-11,17,19H,3,12-13H2,1-2H3. The van der Waals surface area contributed by atoms with Crippen molar-refractivity contribution < 1.29 is 9.84 Å². The van der Waals surface area contributed by atoms with Crippen LogP contribution in [0.5, 0.6) is 5.75 Å². The molecule has 2 aromatic carbocycles. The van der Waals surface area contributed by atoms with Crippen molar-refractivity contribution in [3.05, 3.63) is 65.2 Å². The van der Waals surface area contributed by atoms with Gasteiger partial charge >= 0.3 is 0 Å². The van der Waals surface area contributed by atoms with Gasteiger partial charge in [0, 0.05) is 6.42 Å². The number of hydrogen-bond acceptors (Lipinski definition) is 2. The second kappa shape index (κ2) is 7.11. The first kappa shape index (κ1) is 14.6. The van der Waals surface area contributed by atoms with Gasteiger partial charge in [0.1, 0.15) is 5.75 Å². The van der Waals surface area contributed by atoms with Crippen LogP contribution in [0.4, 0.5) is 0 Å². The molecule has 2 heteroatoms. The Balaban J connectivity index is 1.99. The van der Waals surface area contributed by atoms with E-state index in [4.69, 9.17) is 4.74 Å². The van der Waals surface area contributed by atoms with E-state index in [9.17, 15) is 5.11 Å². The van der Waals surface area contributed by atoms with Crippen molar-refractivity contribution in [2.75, 3.05) is 7.11 Å². The third-order valence-electron chi connectivity index (χ3n) is 3.55. The summed E-state index contributed by atoms with van der Waals surface area (Å²) >= 11 is 0. The zero-order valence-corrected chi connectivity index (χ0v) is 12.2. The lowest BCUT2D eigenvalue weighted by Crippen LogP contribution is -2.14. The molecular weight excluding hydrogens is 248 g/mol. The van der Waals surface area contributed by atoms with Gasteiger partial charge in [-0.25, -0.2) is 0 Å². The van der Waals surface area contributed by atoms with Gasteiger partial charge in [-0.15, -0.1) is 0 Å². The third kappa shape index (κ3) is 3.84. The number of ether oxygens (including phenoxy) is 1. The van der Waals surface area contributed by atoms with Gasteiger partial charge in [0.05, 0.1) is 13.2 Å². The molecule has 2 rings (SSSR count). The van der Waals surface area contributed by atoms with Gasteiger partial charge in [-0.3, -0.25) is 0 Å². The molecule has 0 heterocycles. The van der Waals surface area contributed by atoms with Crippen molar-refractivity contribution in [3.63, 3.8) is 0 Å². The predicted molar refractivity (Wildman–Crippen MR) is 82.2 cm³/mol. The fourth-order valence-electron chi connectivity index (χ4n) is 2.38. The van der Waals surface area contributed by atoms with Crippen LogP contribution in [0.2, 0.25) is 0 Å². The molecule has 0 spiro atoms. The Bertz CT molecular complexity index is 531. The van der Waals surface area contributed by atoms with E-state index >= 15 is 0 Å². The number of para-hydroxylation sites is 1. The Morgan fingerprint density at radius 3 is 2.25 bits per heavy atom. The van der Waals surface area contributed by atoms with Crippen molar-refractivity contribution in [1.82, 2.24) is 0 Å². The van der Waals surface area contributed by atoms with Crippen molar-refractivity contribution in [1.29, 1.82) is 0 Å². The summed E-state index contributed by atoms with van der Waals surface area (Å²) in [5, 5.41) is 10.2. The normalized spacial score (nSPS) is 12.2. The van der Waals surface area contributed by atoms with Crippen LogP contribution in [0.1, 0.15) is 23.6 Å². The summed E-state index contributed by atoms with van der Waals surface area (Å²) < 4.78 is 5.32. The molecule has 0 saturated heterocycles. The molecule has 2 nitrogen and oxygen atoms in total. The van der Waals surface area contributed by atoms with Gasteiger partial charge < -0.3 is 9.84 Å². The van der Waals surface area contributed by atoms with Crippen LogP contribution in [0, 0.1) is 0 Å². The molecule has 0 saturated carbocycles. The molecule has 0 aliphatic carbocycles. The van der Waals surface area contributed by atoms with Crippen molar-refractivity contribution >= 4 is 0 Å². The molecule has 0 radical (unpaired) electrons. The molecule has 1 N–H and O–H groups in total.